The molecule has 2 nitrogen and oxygen atoms in total. The van der Waals surface area contributed by atoms with Crippen molar-refractivity contribution in [2.45, 2.75) is 32.4 Å². The Balaban J connectivity index is 1.91. The molecule has 1 atom stereocenters. The monoisotopic (exact) mass is 271 g/mol. The summed E-state index contributed by atoms with van der Waals surface area (Å²) in [5, 5.41) is 10.0. The second kappa shape index (κ2) is 6.00. The molecule has 1 N–H and O–H groups in total. The van der Waals surface area contributed by atoms with Crippen LogP contribution in [0.4, 0.5) is 4.39 Å². The van der Waals surface area contributed by atoms with Gasteiger partial charge in [0.1, 0.15) is 5.82 Å². The summed E-state index contributed by atoms with van der Waals surface area (Å²) in [5.74, 6) is 0.113. The fourth-order valence-corrected chi connectivity index (χ4v) is 2.71. The third-order valence-electron chi connectivity index (χ3n) is 3.72. The molecule has 2 rings (SSSR count). The molecule has 4 heteroatoms. The van der Waals surface area contributed by atoms with Gasteiger partial charge in [0, 0.05) is 11.6 Å². The van der Waals surface area contributed by atoms with Gasteiger partial charge in [-0.2, -0.15) is 0 Å². The van der Waals surface area contributed by atoms with Crippen LogP contribution in [0, 0.1) is 11.7 Å². The predicted octanol–water partition coefficient (Wildman–Crippen LogP) is 3.07. The largest absolute Gasteiger partial charge is 0.393 e. The van der Waals surface area contributed by atoms with E-state index in [9.17, 15) is 9.50 Å². The van der Waals surface area contributed by atoms with Crippen LogP contribution in [0.2, 0.25) is 5.02 Å². The lowest BCUT2D eigenvalue weighted by atomic mass is 9.92. The first-order chi connectivity index (χ1) is 8.56. The smallest absolute Gasteiger partial charge is 0.124 e. The first kappa shape index (κ1) is 13.8. The zero-order chi connectivity index (χ0) is 13.1. The van der Waals surface area contributed by atoms with Gasteiger partial charge in [0.15, 0.2) is 0 Å². The van der Waals surface area contributed by atoms with E-state index in [0.717, 1.165) is 38.0 Å². The minimum atomic E-state index is -0.295. The third-order valence-corrected chi connectivity index (χ3v) is 4.08. The fraction of sp³-hybridized carbons (Fsp3) is 0.571. The maximum atomic E-state index is 12.9. The molecular formula is C14H19ClFNO. The van der Waals surface area contributed by atoms with Gasteiger partial charge in [0.25, 0.3) is 0 Å². The summed E-state index contributed by atoms with van der Waals surface area (Å²) in [5.41, 5.74) is 0.966. The lowest BCUT2D eigenvalue weighted by molar-refractivity contribution is 0.0695. The zero-order valence-corrected chi connectivity index (χ0v) is 11.3. The number of likely N-dealkylation sites (tertiary alicyclic amines) is 1. The number of benzene rings is 1. The molecule has 0 saturated carbocycles. The number of piperidine rings is 1. The molecule has 1 unspecified atom stereocenters. The highest BCUT2D eigenvalue weighted by atomic mass is 35.5. The van der Waals surface area contributed by atoms with Gasteiger partial charge in [-0.15, -0.1) is 0 Å². The molecule has 1 fully saturated rings. The van der Waals surface area contributed by atoms with Crippen molar-refractivity contribution in [3.8, 4) is 0 Å². The van der Waals surface area contributed by atoms with Gasteiger partial charge in [0.05, 0.1) is 6.10 Å². The molecular weight excluding hydrogens is 253 g/mol. The quantitative estimate of drug-likeness (QED) is 0.913. The van der Waals surface area contributed by atoms with Crippen LogP contribution in [0.3, 0.4) is 0 Å². The van der Waals surface area contributed by atoms with Crippen molar-refractivity contribution >= 4 is 11.6 Å². The average Bonchev–Trinajstić information content (AvgIpc) is 2.33. The highest BCUT2D eigenvalue weighted by molar-refractivity contribution is 6.31. The van der Waals surface area contributed by atoms with Crippen LogP contribution in [-0.2, 0) is 6.54 Å². The number of aliphatic hydroxyl groups excluding tert-OH is 1. The summed E-state index contributed by atoms with van der Waals surface area (Å²) in [6, 6.07) is 4.56. The van der Waals surface area contributed by atoms with E-state index in [-0.39, 0.29) is 11.9 Å². The highest BCUT2D eigenvalue weighted by Crippen LogP contribution is 2.24. The van der Waals surface area contributed by atoms with E-state index in [0.29, 0.717) is 10.9 Å². The Morgan fingerprint density at radius 3 is 2.67 bits per heavy atom. The standard InChI is InChI=1S/C14H19ClFNO/c1-10(18)11-4-6-17(7-5-11)9-12-2-3-13(16)8-14(12)15/h2-3,8,10-11,18H,4-7,9H2,1H3. The number of aliphatic hydroxyl groups is 1. The van der Waals surface area contributed by atoms with Crippen LogP contribution in [-0.4, -0.2) is 29.2 Å². The highest BCUT2D eigenvalue weighted by Gasteiger charge is 2.22. The summed E-state index contributed by atoms with van der Waals surface area (Å²) < 4.78 is 12.9. The van der Waals surface area contributed by atoms with Crippen molar-refractivity contribution in [2.24, 2.45) is 5.92 Å². The summed E-state index contributed by atoms with van der Waals surface area (Å²) in [6.45, 7) is 4.54. The minimum absolute atomic E-state index is 0.221. The topological polar surface area (TPSA) is 23.5 Å². The Labute approximate surface area is 112 Å². The van der Waals surface area contributed by atoms with Crippen LogP contribution >= 0.6 is 11.6 Å². The summed E-state index contributed by atoms with van der Waals surface area (Å²) in [4.78, 5) is 2.30. The number of hydrogen-bond acceptors (Lipinski definition) is 2. The van der Waals surface area contributed by atoms with Crippen molar-refractivity contribution in [2.75, 3.05) is 13.1 Å². The molecule has 0 spiro atoms. The Hall–Kier alpha value is -0.640. The van der Waals surface area contributed by atoms with Crippen LogP contribution in [0.25, 0.3) is 0 Å². The van der Waals surface area contributed by atoms with Crippen molar-refractivity contribution in [3.63, 3.8) is 0 Å². The van der Waals surface area contributed by atoms with Gasteiger partial charge in [-0.25, -0.2) is 4.39 Å². The first-order valence-corrected chi connectivity index (χ1v) is 6.78. The number of hydrogen-bond donors (Lipinski definition) is 1. The average molecular weight is 272 g/mol. The van der Waals surface area contributed by atoms with E-state index in [1.807, 2.05) is 6.92 Å². The van der Waals surface area contributed by atoms with Gasteiger partial charge in [-0.1, -0.05) is 17.7 Å². The molecule has 1 aliphatic heterocycles. The maximum absolute atomic E-state index is 12.9. The molecule has 0 aromatic heterocycles. The third kappa shape index (κ3) is 3.44. The van der Waals surface area contributed by atoms with Crippen LogP contribution in [0.1, 0.15) is 25.3 Å². The van der Waals surface area contributed by atoms with Gasteiger partial charge in [-0.05, 0) is 56.5 Å². The lowest BCUT2D eigenvalue weighted by Gasteiger charge is -2.33. The minimum Gasteiger partial charge on any atom is -0.393 e. The second-order valence-corrected chi connectivity index (χ2v) is 5.50. The molecule has 0 bridgehead atoms. The van der Waals surface area contributed by atoms with E-state index in [2.05, 4.69) is 4.90 Å². The van der Waals surface area contributed by atoms with E-state index >= 15 is 0 Å². The summed E-state index contributed by atoms with van der Waals surface area (Å²) in [7, 11) is 0. The molecule has 1 saturated heterocycles. The molecule has 1 heterocycles. The number of rotatable bonds is 3. The summed E-state index contributed by atoms with van der Waals surface area (Å²) in [6.07, 6.45) is 1.80. The Bertz CT molecular complexity index is 403. The molecule has 1 aromatic rings. The van der Waals surface area contributed by atoms with Crippen LogP contribution in [0.5, 0.6) is 0 Å². The zero-order valence-electron chi connectivity index (χ0n) is 10.6. The van der Waals surface area contributed by atoms with Crippen molar-refractivity contribution in [1.29, 1.82) is 0 Å². The Morgan fingerprint density at radius 1 is 1.44 bits per heavy atom. The van der Waals surface area contributed by atoms with E-state index in [4.69, 9.17) is 11.6 Å². The van der Waals surface area contributed by atoms with Crippen molar-refractivity contribution < 1.29 is 9.50 Å². The molecule has 1 aliphatic rings. The van der Waals surface area contributed by atoms with Crippen molar-refractivity contribution in [3.05, 3.63) is 34.6 Å². The molecule has 1 aromatic carbocycles. The van der Waals surface area contributed by atoms with Gasteiger partial charge >= 0.3 is 0 Å². The Morgan fingerprint density at radius 2 is 2.11 bits per heavy atom. The predicted molar refractivity (Wildman–Crippen MR) is 71.1 cm³/mol. The molecule has 0 amide bonds. The van der Waals surface area contributed by atoms with Crippen LogP contribution < -0.4 is 0 Å². The first-order valence-electron chi connectivity index (χ1n) is 6.40. The fourth-order valence-electron chi connectivity index (χ4n) is 2.48. The Kier molecular flexibility index (Phi) is 4.60. The molecule has 18 heavy (non-hydrogen) atoms. The van der Waals surface area contributed by atoms with Gasteiger partial charge < -0.3 is 5.11 Å². The van der Waals surface area contributed by atoms with E-state index in [1.54, 1.807) is 6.07 Å². The van der Waals surface area contributed by atoms with Crippen LogP contribution in [0.15, 0.2) is 18.2 Å². The van der Waals surface area contributed by atoms with Gasteiger partial charge in [-0.3, -0.25) is 4.90 Å². The van der Waals surface area contributed by atoms with E-state index < -0.39 is 0 Å². The second-order valence-electron chi connectivity index (χ2n) is 5.09. The molecule has 100 valence electrons. The van der Waals surface area contributed by atoms with E-state index in [1.165, 1.54) is 12.1 Å². The molecule has 0 radical (unpaired) electrons. The molecule has 0 aliphatic carbocycles. The number of halogens is 2. The van der Waals surface area contributed by atoms with Crippen molar-refractivity contribution in [1.82, 2.24) is 4.90 Å². The van der Waals surface area contributed by atoms with Gasteiger partial charge in [0.2, 0.25) is 0 Å². The normalized spacial score (nSPS) is 20.0. The maximum Gasteiger partial charge on any atom is 0.124 e. The summed E-state index contributed by atoms with van der Waals surface area (Å²) >= 11 is 6.02. The SMILES string of the molecule is CC(O)C1CCN(Cc2ccc(F)cc2Cl)CC1. The lowest BCUT2D eigenvalue weighted by Crippen LogP contribution is -2.36. The number of nitrogens with zero attached hydrogens (tertiary/aromatic N) is 1.